The topological polar surface area (TPSA) is 125 Å². The molecule has 0 aromatic heterocycles. The van der Waals surface area contributed by atoms with E-state index in [1.807, 2.05) is 0 Å². The maximum atomic E-state index is 13.8. The Bertz CT molecular complexity index is 1150. The SMILES string of the molecule is CNC(=N)NCCC[C@H](NC(=O)c1ccc(F)c(C)c1)C(=O)N[C@@H](CC(C)C)B1O[C@@H]2C[C@@H]3C[C@@H](C3(C)C)[C@]2(C)O1. The van der Waals surface area contributed by atoms with E-state index in [4.69, 9.17) is 14.7 Å². The molecule has 1 saturated heterocycles. The number of aryl methyl sites for hydroxylation is 1. The maximum Gasteiger partial charge on any atom is 0.481 e. The summed E-state index contributed by atoms with van der Waals surface area (Å²) < 4.78 is 27.0. The summed E-state index contributed by atoms with van der Waals surface area (Å²) in [5.74, 6) is -0.0410. The van der Waals surface area contributed by atoms with Gasteiger partial charge in [0.2, 0.25) is 5.91 Å². The zero-order chi connectivity index (χ0) is 30.1. The van der Waals surface area contributed by atoms with Gasteiger partial charge in [-0.05, 0) is 92.9 Å². The number of hydrogen-bond acceptors (Lipinski definition) is 5. The van der Waals surface area contributed by atoms with Crippen molar-refractivity contribution in [2.24, 2.45) is 23.2 Å². The first-order chi connectivity index (χ1) is 19.3. The molecule has 226 valence electrons. The number of carbonyl (C=O) groups is 2. The smallest absolute Gasteiger partial charge is 0.404 e. The lowest BCUT2D eigenvalue weighted by molar-refractivity contribution is -0.199. The quantitative estimate of drug-likeness (QED) is 0.120. The second-order valence-electron chi connectivity index (χ2n) is 13.3. The van der Waals surface area contributed by atoms with Crippen LogP contribution in [0.15, 0.2) is 18.2 Å². The van der Waals surface area contributed by atoms with Crippen molar-refractivity contribution in [3.05, 3.63) is 35.1 Å². The number of guanidine groups is 1. The molecule has 5 rings (SSSR count). The molecule has 0 unspecified atom stereocenters. The van der Waals surface area contributed by atoms with Crippen molar-refractivity contribution in [3.63, 3.8) is 0 Å². The number of nitrogens with one attached hydrogen (secondary N) is 5. The lowest BCUT2D eigenvalue weighted by Crippen LogP contribution is -2.65. The minimum Gasteiger partial charge on any atom is -0.404 e. The van der Waals surface area contributed by atoms with Gasteiger partial charge in [-0.25, -0.2) is 4.39 Å². The summed E-state index contributed by atoms with van der Waals surface area (Å²) in [6.45, 7) is 13.1. The van der Waals surface area contributed by atoms with E-state index in [1.165, 1.54) is 18.2 Å². The largest absolute Gasteiger partial charge is 0.481 e. The standard InChI is InChI=1S/C30H47BFN5O4/c1-17(2)13-25(31-40-24-16-20-15-23(29(20,4)5)30(24,6)41-31)37-27(39)22(9-8-12-35-28(33)34-7)36-26(38)19-10-11-21(32)18(3)14-19/h10-11,14,17,20,22-25H,8-9,12-13,15-16H2,1-7H3,(H,36,38)(H,37,39)(H3,33,34,35)/t20-,22-,23-,24+,25-,30-/m0/s1. The molecule has 2 bridgehead atoms. The van der Waals surface area contributed by atoms with Crippen molar-refractivity contribution in [1.29, 1.82) is 5.41 Å². The molecule has 5 N–H and O–H groups in total. The van der Waals surface area contributed by atoms with Crippen LogP contribution in [0.3, 0.4) is 0 Å². The lowest BCUT2D eigenvalue weighted by atomic mass is 9.43. The molecule has 6 atom stereocenters. The highest BCUT2D eigenvalue weighted by molar-refractivity contribution is 6.48. The fourth-order valence-corrected chi connectivity index (χ4v) is 7.00. The average Bonchev–Trinajstić information content (AvgIpc) is 3.28. The Hall–Kier alpha value is -2.66. The van der Waals surface area contributed by atoms with Gasteiger partial charge in [-0.3, -0.25) is 15.0 Å². The molecule has 1 aliphatic heterocycles. The normalized spacial score (nSPS) is 27.3. The maximum absolute atomic E-state index is 13.8. The van der Waals surface area contributed by atoms with E-state index in [0.29, 0.717) is 43.2 Å². The van der Waals surface area contributed by atoms with Crippen molar-refractivity contribution >= 4 is 24.9 Å². The van der Waals surface area contributed by atoms with E-state index in [9.17, 15) is 14.0 Å². The summed E-state index contributed by atoms with van der Waals surface area (Å²) in [4.78, 5) is 26.9. The second-order valence-corrected chi connectivity index (χ2v) is 13.3. The summed E-state index contributed by atoms with van der Waals surface area (Å²) in [7, 11) is 1.08. The van der Waals surface area contributed by atoms with E-state index in [0.717, 1.165) is 12.8 Å². The molecule has 4 aliphatic rings. The van der Waals surface area contributed by atoms with Crippen LogP contribution >= 0.6 is 0 Å². The molecule has 0 spiro atoms. The van der Waals surface area contributed by atoms with Gasteiger partial charge in [-0.2, -0.15) is 0 Å². The Morgan fingerprint density at radius 3 is 2.56 bits per heavy atom. The first kappa shape index (κ1) is 31.3. The first-order valence-electron chi connectivity index (χ1n) is 15.0. The van der Waals surface area contributed by atoms with Crippen molar-refractivity contribution in [2.45, 2.75) is 97.3 Å². The van der Waals surface area contributed by atoms with Gasteiger partial charge in [0, 0.05) is 19.2 Å². The van der Waals surface area contributed by atoms with Crippen LogP contribution in [0, 0.1) is 41.3 Å². The number of rotatable bonds is 11. The Labute approximate surface area is 244 Å². The van der Waals surface area contributed by atoms with E-state index in [-0.39, 0.29) is 46.4 Å². The summed E-state index contributed by atoms with van der Waals surface area (Å²) in [6, 6.07) is 3.32. The highest BCUT2D eigenvalue weighted by atomic mass is 19.1. The van der Waals surface area contributed by atoms with Gasteiger partial charge in [0.25, 0.3) is 5.91 Å². The Kier molecular flexibility index (Phi) is 9.38. The fraction of sp³-hybridized carbons (Fsp3) is 0.700. The van der Waals surface area contributed by atoms with Crippen LogP contribution in [0.25, 0.3) is 0 Å². The highest BCUT2D eigenvalue weighted by Crippen LogP contribution is 2.65. The van der Waals surface area contributed by atoms with Gasteiger partial charge >= 0.3 is 7.12 Å². The Morgan fingerprint density at radius 2 is 1.93 bits per heavy atom. The molecule has 11 heteroatoms. The molecule has 3 aliphatic carbocycles. The van der Waals surface area contributed by atoms with Crippen LogP contribution in [0.5, 0.6) is 0 Å². The lowest BCUT2D eigenvalue weighted by Gasteiger charge is -2.64. The van der Waals surface area contributed by atoms with Gasteiger partial charge in [-0.15, -0.1) is 0 Å². The van der Waals surface area contributed by atoms with Crippen molar-refractivity contribution in [1.82, 2.24) is 21.3 Å². The van der Waals surface area contributed by atoms with E-state index in [1.54, 1.807) is 14.0 Å². The molecule has 9 nitrogen and oxygen atoms in total. The third kappa shape index (κ3) is 6.56. The molecular weight excluding hydrogens is 524 g/mol. The van der Waals surface area contributed by atoms with Gasteiger partial charge < -0.3 is 30.6 Å². The molecule has 2 amide bonds. The fourth-order valence-electron chi connectivity index (χ4n) is 7.00. The van der Waals surface area contributed by atoms with E-state index < -0.39 is 24.9 Å². The number of benzene rings is 1. The molecule has 41 heavy (non-hydrogen) atoms. The third-order valence-electron chi connectivity index (χ3n) is 9.61. The van der Waals surface area contributed by atoms with Crippen LogP contribution in [-0.4, -0.2) is 62.2 Å². The summed E-state index contributed by atoms with van der Waals surface area (Å²) in [5, 5.41) is 19.4. The molecule has 1 aromatic rings. The molecule has 1 heterocycles. The Balaban J connectivity index is 1.48. The zero-order valence-corrected chi connectivity index (χ0v) is 25.5. The number of carbonyl (C=O) groups excluding carboxylic acids is 2. The minimum atomic E-state index is -0.834. The van der Waals surface area contributed by atoms with Crippen LogP contribution < -0.4 is 21.3 Å². The summed E-state index contributed by atoms with van der Waals surface area (Å²) >= 11 is 0. The van der Waals surface area contributed by atoms with Crippen LogP contribution in [0.1, 0.15) is 82.6 Å². The Morgan fingerprint density at radius 1 is 1.20 bits per heavy atom. The van der Waals surface area contributed by atoms with Gasteiger partial charge in [0.15, 0.2) is 5.96 Å². The van der Waals surface area contributed by atoms with Crippen molar-refractivity contribution in [3.8, 4) is 0 Å². The monoisotopic (exact) mass is 571 g/mol. The molecule has 0 radical (unpaired) electrons. The molecule has 4 fully saturated rings. The number of amides is 2. The predicted octanol–water partition coefficient (Wildman–Crippen LogP) is 3.55. The second kappa shape index (κ2) is 12.3. The average molecular weight is 572 g/mol. The summed E-state index contributed by atoms with van der Waals surface area (Å²) in [6.07, 6.45) is 3.66. The van der Waals surface area contributed by atoms with Crippen LogP contribution in [0.4, 0.5) is 4.39 Å². The van der Waals surface area contributed by atoms with Crippen LogP contribution in [0.2, 0.25) is 0 Å². The van der Waals surface area contributed by atoms with Crippen molar-refractivity contribution in [2.75, 3.05) is 13.6 Å². The third-order valence-corrected chi connectivity index (χ3v) is 9.61. The first-order valence-corrected chi connectivity index (χ1v) is 15.0. The van der Waals surface area contributed by atoms with E-state index >= 15 is 0 Å². The van der Waals surface area contributed by atoms with Gasteiger partial charge in [0.1, 0.15) is 11.9 Å². The predicted molar refractivity (Wildman–Crippen MR) is 158 cm³/mol. The van der Waals surface area contributed by atoms with Gasteiger partial charge in [-0.1, -0.05) is 27.7 Å². The van der Waals surface area contributed by atoms with Crippen LogP contribution in [-0.2, 0) is 14.1 Å². The summed E-state index contributed by atoms with van der Waals surface area (Å²) in [5.41, 5.74) is 0.473. The zero-order valence-electron chi connectivity index (χ0n) is 25.5. The molecular formula is C30H47BFN5O4. The van der Waals surface area contributed by atoms with Gasteiger partial charge in [0.05, 0.1) is 17.6 Å². The molecule has 1 aromatic carbocycles. The number of halogens is 1. The molecule has 3 saturated carbocycles. The highest BCUT2D eigenvalue weighted by Gasteiger charge is 2.68. The van der Waals surface area contributed by atoms with E-state index in [2.05, 4.69) is 55.9 Å². The minimum absolute atomic E-state index is 0.00150. The number of hydrogen-bond donors (Lipinski definition) is 5. The van der Waals surface area contributed by atoms with Crippen molar-refractivity contribution < 1.29 is 23.3 Å².